The van der Waals surface area contributed by atoms with Crippen molar-refractivity contribution in [2.45, 2.75) is 44.1 Å². The van der Waals surface area contributed by atoms with E-state index in [1.807, 2.05) is 25.1 Å². The lowest BCUT2D eigenvalue weighted by molar-refractivity contribution is 0.117. The Morgan fingerprint density at radius 1 is 1.04 bits per heavy atom. The summed E-state index contributed by atoms with van der Waals surface area (Å²) in [5, 5.41) is 5.27. The highest BCUT2D eigenvalue weighted by Crippen LogP contribution is 2.16. The molecule has 0 aliphatic heterocycles. The van der Waals surface area contributed by atoms with Gasteiger partial charge in [0.2, 0.25) is 10.0 Å². The van der Waals surface area contributed by atoms with Gasteiger partial charge in [-0.3, -0.25) is 4.99 Å². The topological polar surface area (TPSA) is 108 Å². The van der Waals surface area contributed by atoms with Crippen LogP contribution in [0.2, 0.25) is 0 Å². The van der Waals surface area contributed by atoms with Crippen LogP contribution < -0.4 is 10.9 Å². The molecule has 2 aromatic rings. The maximum atomic E-state index is 11.7. The van der Waals surface area contributed by atoms with Gasteiger partial charge in [0.1, 0.15) is 5.84 Å². The Morgan fingerprint density at radius 2 is 1.75 bits per heavy atom. The van der Waals surface area contributed by atoms with Crippen LogP contribution in [0.4, 0.5) is 0 Å². The second-order valence-corrected chi connectivity index (χ2v) is 8.29. The van der Waals surface area contributed by atoms with E-state index in [9.17, 15) is 8.42 Å². The summed E-state index contributed by atoms with van der Waals surface area (Å²) in [6.07, 6.45) is 3.95. The fourth-order valence-corrected chi connectivity index (χ4v) is 3.54. The van der Waals surface area contributed by atoms with Gasteiger partial charge in [-0.1, -0.05) is 54.8 Å². The van der Waals surface area contributed by atoms with Crippen LogP contribution in [-0.4, -0.2) is 27.4 Å². The Bertz CT molecular complexity index is 881. The predicted molar refractivity (Wildman–Crippen MR) is 113 cm³/mol. The Morgan fingerprint density at radius 3 is 2.46 bits per heavy atom. The average Bonchev–Trinajstić information content (AvgIpc) is 2.66. The van der Waals surface area contributed by atoms with Crippen LogP contribution in [0.15, 0.2) is 58.4 Å². The number of benzene rings is 2. The summed E-state index contributed by atoms with van der Waals surface area (Å²) in [5.74, 6) is 0.207. The third kappa shape index (κ3) is 7.42. The van der Waals surface area contributed by atoms with Crippen LogP contribution in [0.25, 0.3) is 0 Å². The molecular formula is C21H29N3O3S. The minimum Gasteiger partial charge on any atom is -0.383 e. The second kappa shape index (κ2) is 10.9. The zero-order valence-electron chi connectivity index (χ0n) is 16.3. The van der Waals surface area contributed by atoms with Crippen molar-refractivity contribution in [1.82, 2.24) is 0 Å². The highest BCUT2D eigenvalue weighted by Gasteiger charge is 2.16. The maximum absolute atomic E-state index is 11.7. The summed E-state index contributed by atoms with van der Waals surface area (Å²) in [5.41, 5.74) is 8.46. The van der Waals surface area contributed by atoms with Crippen molar-refractivity contribution in [2.24, 2.45) is 15.9 Å². The summed E-state index contributed by atoms with van der Waals surface area (Å²) in [6, 6.07) is 15.0. The van der Waals surface area contributed by atoms with Crippen LogP contribution in [0.1, 0.15) is 42.4 Å². The lowest BCUT2D eigenvalue weighted by atomic mass is 10.1. The number of nitrogens with two attached hydrogens (primary N) is 2. The van der Waals surface area contributed by atoms with Gasteiger partial charge in [0.05, 0.1) is 11.5 Å². The summed E-state index contributed by atoms with van der Waals surface area (Å²) in [7, 11) is -3.84. The normalized spacial score (nSPS) is 12.3. The van der Waals surface area contributed by atoms with Crippen molar-refractivity contribution >= 4 is 15.9 Å². The van der Waals surface area contributed by atoms with E-state index < -0.39 is 10.0 Å². The maximum Gasteiger partial charge on any atom is 0.238 e. The van der Waals surface area contributed by atoms with Crippen LogP contribution in [0.5, 0.6) is 0 Å². The molecule has 0 aromatic heterocycles. The van der Waals surface area contributed by atoms with Gasteiger partial charge < -0.3 is 10.5 Å². The summed E-state index contributed by atoms with van der Waals surface area (Å²) in [4.78, 5) is 4.34. The fraction of sp³-hybridized carbons (Fsp3) is 0.381. The molecule has 0 saturated heterocycles. The molecule has 2 rings (SSSR count). The number of hydrogen-bond donors (Lipinski definition) is 2. The third-order valence-electron chi connectivity index (χ3n) is 4.31. The van der Waals surface area contributed by atoms with Gasteiger partial charge in [-0.05, 0) is 37.5 Å². The first-order chi connectivity index (χ1) is 13.4. The molecule has 0 saturated carbocycles. The summed E-state index contributed by atoms with van der Waals surface area (Å²) < 4.78 is 29.1. The number of aryl methyl sites for hydroxylation is 1. The lowest BCUT2D eigenvalue weighted by Gasteiger charge is -2.09. The molecule has 0 radical (unpaired) electrons. The standard InChI is InChI=1S/C21H29N3O3S/c1-17-11-12-20(28(23,25)26)19(15-17)21(22)24-13-7-2-3-8-14-27-16-18-9-5-4-6-10-18/h4-6,9-12,15H,2-3,7-8,13-14,16H2,1H3,(H2,22,24)(H2,23,25,26). The zero-order valence-corrected chi connectivity index (χ0v) is 17.1. The van der Waals surface area contributed by atoms with Crippen LogP contribution >= 0.6 is 0 Å². The minimum atomic E-state index is -3.84. The molecule has 0 aliphatic carbocycles. The van der Waals surface area contributed by atoms with E-state index in [1.54, 1.807) is 12.1 Å². The molecule has 0 atom stereocenters. The van der Waals surface area contributed by atoms with Crippen molar-refractivity contribution in [3.8, 4) is 0 Å². The molecule has 2 aromatic carbocycles. The van der Waals surface area contributed by atoms with E-state index >= 15 is 0 Å². The van der Waals surface area contributed by atoms with E-state index in [0.29, 0.717) is 18.7 Å². The lowest BCUT2D eigenvalue weighted by Crippen LogP contribution is -2.22. The van der Waals surface area contributed by atoms with E-state index in [-0.39, 0.29) is 10.7 Å². The molecule has 4 N–H and O–H groups in total. The number of nitrogens with zero attached hydrogens (tertiary/aromatic N) is 1. The van der Waals surface area contributed by atoms with Gasteiger partial charge in [-0.25, -0.2) is 13.6 Å². The van der Waals surface area contributed by atoms with Crippen molar-refractivity contribution in [3.05, 3.63) is 65.2 Å². The Kier molecular flexibility index (Phi) is 8.63. The molecule has 152 valence electrons. The number of primary sulfonamides is 1. The molecule has 0 spiro atoms. The van der Waals surface area contributed by atoms with Crippen molar-refractivity contribution in [3.63, 3.8) is 0 Å². The van der Waals surface area contributed by atoms with E-state index in [0.717, 1.165) is 37.9 Å². The molecule has 0 bridgehead atoms. The van der Waals surface area contributed by atoms with Gasteiger partial charge in [-0.2, -0.15) is 0 Å². The van der Waals surface area contributed by atoms with Crippen molar-refractivity contribution in [1.29, 1.82) is 0 Å². The van der Waals surface area contributed by atoms with Crippen molar-refractivity contribution in [2.75, 3.05) is 13.2 Å². The van der Waals surface area contributed by atoms with Crippen molar-refractivity contribution < 1.29 is 13.2 Å². The number of ether oxygens (including phenoxy) is 1. The number of rotatable bonds is 11. The number of aliphatic imine (C=N–C) groups is 1. The number of unbranched alkanes of at least 4 members (excludes halogenated alkanes) is 3. The first-order valence-electron chi connectivity index (χ1n) is 9.43. The number of hydrogen-bond acceptors (Lipinski definition) is 4. The molecule has 0 heterocycles. The van der Waals surface area contributed by atoms with Gasteiger partial charge in [0.25, 0.3) is 0 Å². The molecular weight excluding hydrogens is 374 g/mol. The zero-order chi connectivity index (χ0) is 20.4. The first kappa shape index (κ1) is 22.1. The molecule has 0 amide bonds. The van der Waals surface area contributed by atoms with Gasteiger partial charge in [0, 0.05) is 18.7 Å². The molecule has 0 aliphatic rings. The Balaban J connectivity index is 1.70. The summed E-state index contributed by atoms with van der Waals surface area (Å²) >= 11 is 0. The quantitative estimate of drug-likeness (QED) is 0.341. The van der Waals surface area contributed by atoms with Crippen LogP contribution in [0.3, 0.4) is 0 Å². The van der Waals surface area contributed by atoms with Gasteiger partial charge >= 0.3 is 0 Å². The van der Waals surface area contributed by atoms with E-state index in [4.69, 9.17) is 15.6 Å². The van der Waals surface area contributed by atoms with Crippen LogP contribution in [-0.2, 0) is 21.4 Å². The number of sulfonamides is 1. The molecule has 0 fully saturated rings. The number of amidine groups is 1. The minimum absolute atomic E-state index is 0.00918. The predicted octanol–water partition coefficient (Wildman–Crippen LogP) is 3.12. The first-order valence-corrected chi connectivity index (χ1v) is 11.0. The average molecular weight is 404 g/mol. The van der Waals surface area contributed by atoms with E-state index in [1.165, 1.54) is 11.6 Å². The third-order valence-corrected chi connectivity index (χ3v) is 5.28. The smallest absolute Gasteiger partial charge is 0.238 e. The van der Waals surface area contributed by atoms with Gasteiger partial charge in [-0.15, -0.1) is 0 Å². The largest absolute Gasteiger partial charge is 0.383 e. The summed E-state index contributed by atoms with van der Waals surface area (Å²) in [6.45, 7) is 3.80. The second-order valence-electron chi connectivity index (χ2n) is 6.76. The van der Waals surface area contributed by atoms with E-state index in [2.05, 4.69) is 17.1 Å². The molecule has 7 heteroatoms. The fourth-order valence-electron chi connectivity index (χ4n) is 2.81. The Hall–Kier alpha value is -2.22. The molecule has 0 unspecified atom stereocenters. The Labute approximate surface area is 167 Å². The van der Waals surface area contributed by atoms with Crippen LogP contribution in [0, 0.1) is 6.92 Å². The monoisotopic (exact) mass is 403 g/mol. The highest BCUT2D eigenvalue weighted by atomic mass is 32.2. The molecule has 28 heavy (non-hydrogen) atoms. The molecule has 6 nitrogen and oxygen atoms in total. The SMILES string of the molecule is Cc1ccc(S(N)(=O)=O)c(C(N)=NCCCCCCOCc2ccccc2)c1. The highest BCUT2D eigenvalue weighted by molar-refractivity contribution is 7.89. The van der Waals surface area contributed by atoms with Gasteiger partial charge in [0.15, 0.2) is 0 Å².